The molecule has 6 heteroatoms. The van der Waals surface area contributed by atoms with Crippen LogP contribution in [-0.4, -0.2) is 31.0 Å². The number of nitrogens with one attached hydrogen (secondary N) is 2. The molecule has 0 aliphatic rings. The number of benzene rings is 1. The molecule has 1 rings (SSSR count). The van der Waals surface area contributed by atoms with Gasteiger partial charge in [-0.25, -0.2) is 0 Å². The van der Waals surface area contributed by atoms with E-state index in [1.54, 1.807) is 24.3 Å². The summed E-state index contributed by atoms with van der Waals surface area (Å²) in [5, 5.41) is 5.80. The Kier molecular flexibility index (Phi) is 6.52. The number of anilines is 1. The number of amides is 2. The van der Waals surface area contributed by atoms with Crippen LogP contribution < -0.4 is 21.1 Å². The van der Waals surface area contributed by atoms with Crippen LogP contribution in [0.5, 0.6) is 5.75 Å². The second-order valence-corrected chi connectivity index (χ2v) is 4.67. The van der Waals surface area contributed by atoms with Crippen LogP contribution in [0.4, 0.5) is 5.69 Å². The van der Waals surface area contributed by atoms with E-state index in [0.29, 0.717) is 11.4 Å². The lowest BCUT2D eigenvalue weighted by Gasteiger charge is -2.10. The van der Waals surface area contributed by atoms with Crippen LogP contribution in [0.1, 0.15) is 20.3 Å². The first-order valence-corrected chi connectivity index (χ1v) is 6.52. The highest BCUT2D eigenvalue weighted by molar-refractivity contribution is 5.92. The number of rotatable bonds is 8. The molecular formula is C14H21N3O3. The lowest BCUT2D eigenvalue weighted by atomic mass is 10.3. The summed E-state index contributed by atoms with van der Waals surface area (Å²) in [5.41, 5.74) is 5.71. The van der Waals surface area contributed by atoms with Crippen LogP contribution in [0.25, 0.3) is 0 Å². The minimum absolute atomic E-state index is 0.0962. The Hall–Kier alpha value is -2.08. The van der Waals surface area contributed by atoms with Gasteiger partial charge in [0.25, 0.3) is 0 Å². The third-order valence-electron chi connectivity index (χ3n) is 2.43. The molecule has 20 heavy (non-hydrogen) atoms. The quantitative estimate of drug-likeness (QED) is 0.658. The molecular weight excluding hydrogens is 258 g/mol. The van der Waals surface area contributed by atoms with E-state index in [1.165, 1.54) is 0 Å². The van der Waals surface area contributed by atoms with Crippen LogP contribution >= 0.6 is 0 Å². The molecule has 0 bridgehead atoms. The molecule has 1 aromatic carbocycles. The van der Waals surface area contributed by atoms with Gasteiger partial charge in [0.1, 0.15) is 5.75 Å². The highest BCUT2D eigenvalue weighted by Crippen LogP contribution is 2.15. The number of carbonyl (C=O) groups excluding carboxylic acids is 2. The Labute approximate surface area is 118 Å². The summed E-state index contributed by atoms with van der Waals surface area (Å²) in [5.74, 6) is 0.136. The second kappa shape index (κ2) is 8.16. The zero-order valence-electron chi connectivity index (χ0n) is 11.8. The molecule has 0 aromatic heterocycles. The Balaban J connectivity index is 2.38. The van der Waals surface area contributed by atoms with Crippen molar-refractivity contribution in [1.29, 1.82) is 0 Å². The van der Waals surface area contributed by atoms with Gasteiger partial charge >= 0.3 is 0 Å². The SMILES string of the molecule is CC(C)NCC(=O)Nc1ccc(OCCC(N)=O)cc1. The average molecular weight is 279 g/mol. The van der Waals surface area contributed by atoms with E-state index >= 15 is 0 Å². The van der Waals surface area contributed by atoms with E-state index in [4.69, 9.17) is 10.5 Å². The van der Waals surface area contributed by atoms with Gasteiger partial charge in [-0.3, -0.25) is 9.59 Å². The van der Waals surface area contributed by atoms with E-state index in [9.17, 15) is 9.59 Å². The molecule has 0 aliphatic heterocycles. The predicted molar refractivity (Wildman–Crippen MR) is 77.5 cm³/mol. The monoisotopic (exact) mass is 279 g/mol. The van der Waals surface area contributed by atoms with Crippen molar-refractivity contribution in [3.05, 3.63) is 24.3 Å². The first kappa shape index (κ1) is 16.0. The van der Waals surface area contributed by atoms with Gasteiger partial charge in [0, 0.05) is 11.7 Å². The molecule has 0 spiro atoms. The first-order valence-electron chi connectivity index (χ1n) is 6.52. The van der Waals surface area contributed by atoms with Crippen molar-refractivity contribution in [2.75, 3.05) is 18.5 Å². The molecule has 1 aromatic rings. The van der Waals surface area contributed by atoms with E-state index in [1.807, 2.05) is 13.8 Å². The fourth-order valence-corrected chi connectivity index (χ4v) is 1.41. The minimum atomic E-state index is -0.397. The molecule has 0 unspecified atom stereocenters. The molecule has 110 valence electrons. The molecule has 4 N–H and O–H groups in total. The summed E-state index contributed by atoms with van der Waals surface area (Å²) >= 11 is 0. The molecule has 0 fully saturated rings. The smallest absolute Gasteiger partial charge is 0.238 e. The summed E-state index contributed by atoms with van der Waals surface area (Å²) in [6, 6.07) is 7.21. The van der Waals surface area contributed by atoms with E-state index < -0.39 is 5.91 Å². The lowest BCUT2D eigenvalue weighted by Crippen LogP contribution is -2.32. The van der Waals surface area contributed by atoms with Crippen LogP contribution in [-0.2, 0) is 9.59 Å². The van der Waals surface area contributed by atoms with Crippen molar-refractivity contribution in [1.82, 2.24) is 5.32 Å². The minimum Gasteiger partial charge on any atom is -0.493 e. The number of hydrogen-bond donors (Lipinski definition) is 3. The van der Waals surface area contributed by atoms with Gasteiger partial charge in [-0.2, -0.15) is 0 Å². The van der Waals surface area contributed by atoms with E-state index in [2.05, 4.69) is 10.6 Å². The molecule has 6 nitrogen and oxygen atoms in total. The number of nitrogens with two attached hydrogens (primary N) is 1. The van der Waals surface area contributed by atoms with Gasteiger partial charge < -0.3 is 21.1 Å². The Morgan fingerprint density at radius 3 is 2.45 bits per heavy atom. The Morgan fingerprint density at radius 1 is 1.25 bits per heavy atom. The Morgan fingerprint density at radius 2 is 1.90 bits per heavy atom. The van der Waals surface area contributed by atoms with Crippen molar-refractivity contribution in [3.63, 3.8) is 0 Å². The second-order valence-electron chi connectivity index (χ2n) is 4.67. The van der Waals surface area contributed by atoms with Gasteiger partial charge in [0.05, 0.1) is 19.6 Å². The molecule has 0 heterocycles. The van der Waals surface area contributed by atoms with Crippen LogP contribution in [0.3, 0.4) is 0 Å². The summed E-state index contributed by atoms with van der Waals surface area (Å²) < 4.78 is 5.33. The van der Waals surface area contributed by atoms with Gasteiger partial charge in [-0.1, -0.05) is 13.8 Å². The third-order valence-corrected chi connectivity index (χ3v) is 2.43. The fourth-order valence-electron chi connectivity index (χ4n) is 1.41. The number of carbonyl (C=O) groups is 2. The highest BCUT2D eigenvalue weighted by atomic mass is 16.5. The zero-order valence-corrected chi connectivity index (χ0v) is 11.8. The molecule has 0 saturated carbocycles. The zero-order chi connectivity index (χ0) is 15.0. The van der Waals surface area contributed by atoms with Crippen molar-refractivity contribution in [2.45, 2.75) is 26.3 Å². The van der Waals surface area contributed by atoms with Crippen LogP contribution in [0.15, 0.2) is 24.3 Å². The van der Waals surface area contributed by atoms with Gasteiger partial charge in [-0.15, -0.1) is 0 Å². The fraction of sp³-hybridized carbons (Fsp3) is 0.429. The average Bonchev–Trinajstić information content (AvgIpc) is 2.38. The molecule has 0 aliphatic carbocycles. The summed E-state index contributed by atoms with van der Waals surface area (Å²) in [4.78, 5) is 22.2. The van der Waals surface area contributed by atoms with Crippen LogP contribution in [0.2, 0.25) is 0 Å². The topological polar surface area (TPSA) is 93.4 Å². The third kappa shape index (κ3) is 6.75. The molecule has 0 atom stereocenters. The number of hydrogen-bond acceptors (Lipinski definition) is 4. The maximum absolute atomic E-state index is 11.6. The summed E-state index contributed by atoms with van der Waals surface area (Å²) in [6.07, 6.45) is 0.180. The normalized spacial score (nSPS) is 10.3. The Bertz CT molecular complexity index is 443. The maximum Gasteiger partial charge on any atom is 0.238 e. The molecule has 2 amide bonds. The lowest BCUT2D eigenvalue weighted by molar-refractivity contribution is -0.118. The van der Waals surface area contributed by atoms with Crippen molar-refractivity contribution in [2.24, 2.45) is 5.73 Å². The van der Waals surface area contributed by atoms with Crippen molar-refractivity contribution < 1.29 is 14.3 Å². The van der Waals surface area contributed by atoms with E-state index in [-0.39, 0.29) is 31.5 Å². The van der Waals surface area contributed by atoms with Crippen LogP contribution in [0, 0.1) is 0 Å². The van der Waals surface area contributed by atoms with Crippen molar-refractivity contribution in [3.8, 4) is 5.75 Å². The number of ether oxygens (including phenoxy) is 1. The number of primary amides is 1. The largest absolute Gasteiger partial charge is 0.493 e. The molecule has 0 saturated heterocycles. The maximum atomic E-state index is 11.6. The first-order chi connectivity index (χ1) is 9.47. The highest BCUT2D eigenvalue weighted by Gasteiger charge is 2.03. The van der Waals surface area contributed by atoms with Crippen molar-refractivity contribution >= 4 is 17.5 Å². The van der Waals surface area contributed by atoms with E-state index in [0.717, 1.165) is 0 Å². The molecule has 0 radical (unpaired) electrons. The standard InChI is InChI=1S/C14H21N3O3/c1-10(2)16-9-14(19)17-11-3-5-12(6-4-11)20-8-7-13(15)18/h3-6,10,16H,7-9H2,1-2H3,(H2,15,18)(H,17,19). The van der Waals surface area contributed by atoms with Gasteiger partial charge in [-0.05, 0) is 24.3 Å². The predicted octanol–water partition coefficient (Wildman–Crippen LogP) is 0.877. The summed E-state index contributed by atoms with van der Waals surface area (Å²) in [7, 11) is 0. The summed E-state index contributed by atoms with van der Waals surface area (Å²) in [6.45, 7) is 4.48. The van der Waals surface area contributed by atoms with Gasteiger partial charge in [0.15, 0.2) is 0 Å². The van der Waals surface area contributed by atoms with Gasteiger partial charge in [0.2, 0.25) is 11.8 Å².